The van der Waals surface area contributed by atoms with Gasteiger partial charge in [0.25, 0.3) is 0 Å². The molecule has 0 aliphatic carbocycles. The molecule has 0 aliphatic heterocycles. The molecule has 0 saturated heterocycles. The molecule has 0 unspecified atom stereocenters. The molecule has 0 saturated carbocycles. The van der Waals surface area contributed by atoms with Crippen LogP contribution in [0.25, 0.3) is 0 Å². The summed E-state index contributed by atoms with van der Waals surface area (Å²) in [6.45, 7) is 0. The molecule has 0 spiro atoms. The Bertz CT molecular complexity index is 635. The third-order valence-corrected chi connectivity index (χ3v) is 3.31. The summed E-state index contributed by atoms with van der Waals surface area (Å²) in [5, 5.41) is 12.6. The molecule has 3 N–H and O–H groups in total. The normalized spacial score (nSPS) is 9.83. The van der Waals surface area contributed by atoms with Crippen molar-refractivity contribution >= 4 is 44.6 Å². The first-order valence-corrected chi connectivity index (χ1v) is 6.29. The maximum Gasteiger partial charge on any atom is 0.0992 e. The summed E-state index contributed by atoms with van der Waals surface area (Å²) >= 11 is 9.36. The Morgan fingerprint density at radius 3 is 2.67 bits per heavy atom. The van der Waals surface area contributed by atoms with Crippen molar-refractivity contribution in [2.45, 2.75) is 0 Å². The number of anilines is 3. The van der Waals surface area contributed by atoms with Gasteiger partial charge in [0, 0.05) is 9.50 Å². The summed E-state index contributed by atoms with van der Waals surface area (Å²) in [5.74, 6) is 0. The van der Waals surface area contributed by atoms with Crippen molar-refractivity contribution in [3.05, 3.63) is 51.5 Å². The third-order valence-electron chi connectivity index (χ3n) is 2.38. The Labute approximate surface area is 118 Å². The number of nitrogens with zero attached hydrogens (tertiary/aromatic N) is 1. The molecule has 0 amide bonds. The van der Waals surface area contributed by atoms with Gasteiger partial charge in [0.05, 0.1) is 28.7 Å². The second-order valence-electron chi connectivity index (χ2n) is 3.66. The van der Waals surface area contributed by atoms with Crippen LogP contribution < -0.4 is 11.1 Å². The molecule has 2 aromatic rings. The fourth-order valence-corrected chi connectivity index (χ4v) is 1.99. The third kappa shape index (κ3) is 2.76. The van der Waals surface area contributed by atoms with Crippen molar-refractivity contribution in [2.24, 2.45) is 0 Å². The second-order valence-corrected chi connectivity index (χ2v) is 4.95. The molecule has 0 aliphatic rings. The second kappa shape index (κ2) is 5.30. The quantitative estimate of drug-likeness (QED) is 0.810. The lowest BCUT2D eigenvalue weighted by Crippen LogP contribution is -1.97. The van der Waals surface area contributed by atoms with Gasteiger partial charge in [-0.05, 0) is 52.3 Å². The summed E-state index contributed by atoms with van der Waals surface area (Å²) in [5.41, 5.74) is 8.45. The van der Waals surface area contributed by atoms with E-state index in [1.165, 1.54) is 0 Å². The topological polar surface area (TPSA) is 61.8 Å². The van der Waals surface area contributed by atoms with Gasteiger partial charge in [-0.1, -0.05) is 11.6 Å². The van der Waals surface area contributed by atoms with Crippen LogP contribution in [0.2, 0.25) is 5.02 Å². The molecule has 90 valence electrons. The standard InChI is InChI=1S/C13H9BrClN3/c14-10-3-2-9(15)6-12(10)18-13-5-8(7-16)1-4-11(13)17/h1-6,18H,17H2. The maximum absolute atomic E-state index is 8.87. The first-order chi connectivity index (χ1) is 8.60. The monoisotopic (exact) mass is 321 g/mol. The van der Waals surface area contributed by atoms with E-state index in [9.17, 15) is 0 Å². The van der Waals surface area contributed by atoms with E-state index in [4.69, 9.17) is 22.6 Å². The van der Waals surface area contributed by atoms with Crippen molar-refractivity contribution in [3.63, 3.8) is 0 Å². The minimum absolute atomic E-state index is 0.546. The van der Waals surface area contributed by atoms with Crippen LogP contribution in [0.15, 0.2) is 40.9 Å². The van der Waals surface area contributed by atoms with Crippen LogP contribution in [0, 0.1) is 11.3 Å². The van der Waals surface area contributed by atoms with E-state index in [1.54, 1.807) is 30.3 Å². The zero-order valence-electron chi connectivity index (χ0n) is 9.24. The van der Waals surface area contributed by atoms with Gasteiger partial charge >= 0.3 is 0 Å². The highest BCUT2D eigenvalue weighted by Gasteiger charge is 2.05. The molecule has 2 aromatic carbocycles. The van der Waals surface area contributed by atoms with Gasteiger partial charge in [0.15, 0.2) is 0 Å². The molecule has 0 bridgehead atoms. The Kier molecular flexibility index (Phi) is 3.75. The van der Waals surface area contributed by atoms with Gasteiger partial charge in [0.1, 0.15) is 0 Å². The summed E-state index contributed by atoms with van der Waals surface area (Å²) in [4.78, 5) is 0. The minimum atomic E-state index is 0.546. The Hall–Kier alpha value is -1.70. The lowest BCUT2D eigenvalue weighted by Gasteiger charge is -2.11. The number of nitrogens with one attached hydrogen (secondary N) is 1. The zero-order chi connectivity index (χ0) is 13.1. The van der Waals surface area contributed by atoms with Gasteiger partial charge < -0.3 is 11.1 Å². The average molecular weight is 323 g/mol. The minimum Gasteiger partial charge on any atom is -0.397 e. The number of nitrogens with two attached hydrogens (primary N) is 1. The molecule has 0 heterocycles. The lowest BCUT2D eigenvalue weighted by molar-refractivity contribution is 1.47. The van der Waals surface area contributed by atoms with Crippen LogP contribution >= 0.6 is 27.5 Å². The molecule has 0 radical (unpaired) electrons. The lowest BCUT2D eigenvalue weighted by atomic mass is 10.2. The highest BCUT2D eigenvalue weighted by molar-refractivity contribution is 9.10. The van der Waals surface area contributed by atoms with Crippen molar-refractivity contribution in [3.8, 4) is 6.07 Å². The predicted octanol–water partition coefficient (Wildman–Crippen LogP) is 4.30. The molecule has 0 fully saturated rings. The van der Waals surface area contributed by atoms with Gasteiger partial charge in [-0.25, -0.2) is 0 Å². The van der Waals surface area contributed by atoms with Gasteiger partial charge in [-0.3, -0.25) is 0 Å². The van der Waals surface area contributed by atoms with E-state index < -0.39 is 0 Å². The van der Waals surface area contributed by atoms with E-state index in [2.05, 4.69) is 27.3 Å². The van der Waals surface area contributed by atoms with Crippen LogP contribution in [0.4, 0.5) is 17.1 Å². The van der Waals surface area contributed by atoms with Gasteiger partial charge in [-0.2, -0.15) is 5.26 Å². The van der Waals surface area contributed by atoms with Gasteiger partial charge in [0.2, 0.25) is 0 Å². The van der Waals surface area contributed by atoms with E-state index in [-0.39, 0.29) is 0 Å². The largest absolute Gasteiger partial charge is 0.397 e. The van der Waals surface area contributed by atoms with Crippen LogP contribution in [0.1, 0.15) is 5.56 Å². The van der Waals surface area contributed by atoms with E-state index in [0.717, 1.165) is 10.2 Å². The van der Waals surface area contributed by atoms with E-state index in [0.29, 0.717) is 22.0 Å². The molecular formula is C13H9BrClN3. The fourth-order valence-electron chi connectivity index (χ4n) is 1.47. The first-order valence-electron chi connectivity index (χ1n) is 5.12. The summed E-state index contributed by atoms with van der Waals surface area (Å²) in [6, 6.07) is 12.5. The maximum atomic E-state index is 8.87. The molecule has 0 aromatic heterocycles. The molecule has 2 rings (SSSR count). The van der Waals surface area contributed by atoms with Crippen molar-refractivity contribution < 1.29 is 0 Å². The van der Waals surface area contributed by atoms with E-state index >= 15 is 0 Å². The molecule has 0 atom stereocenters. The number of benzene rings is 2. The fraction of sp³-hybridized carbons (Fsp3) is 0. The average Bonchev–Trinajstić information content (AvgIpc) is 2.36. The van der Waals surface area contributed by atoms with E-state index in [1.807, 2.05) is 6.07 Å². The number of nitriles is 1. The first kappa shape index (κ1) is 12.7. The Balaban J connectivity index is 2.39. The van der Waals surface area contributed by atoms with Crippen LogP contribution in [0.3, 0.4) is 0 Å². The number of hydrogen-bond acceptors (Lipinski definition) is 3. The summed E-state index contributed by atoms with van der Waals surface area (Å²) < 4.78 is 0.869. The Morgan fingerprint density at radius 2 is 1.94 bits per heavy atom. The molecule has 5 heteroatoms. The highest BCUT2D eigenvalue weighted by Crippen LogP contribution is 2.31. The van der Waals surface area contributed by atoms with Crippen molar-refractivity contribution in [1.82, 2.24) is 0 Å². The number of nitrogen functional groups attached to an aromatic ring is 1. The molecule has 3 nitrogen and oxygen atoms in total. The summed E-state index contributed by atoms with van der Waals surface area (Å²) in [7, 11) is 0. The predicted molar refractivity (Wildman–Crippen MR) is 78.0 cm³/mol. The number of halogens is 2. The SMILES string of the molecule is N#Cc1ccc(N)c(Nc2cc(Cl)ccc2Br)c1. The zero-order valence-corrected chi connectivity index (χ0v) is 11.6. The van der Waals surface area contributed by atoms with Crippen LogP contribution in [0.5, 0.6) is 0 Å². The van der Waals surface area contributed by atoms with Crippen LogP contribution in [-0.2, 0) is 0 Å². The van der Waals surface area contributed by atoms with Crippen molar-refractivity contribution in [2.75, 3.05) is 11.1 Å². The summed E-state index contributed by atoms with van der Waals surface area (Å²) in [6.07, 6.45) is 0. The Morgan fingerprint density at radius 1 is 1.17 bits per heavy atom. The van der Waals surface area contributed by atoms with Crippen molar-refractivity contribution in [1.29, 1.82) is 5.26 Å². The van der Waals surface area contributed by atoms with Crippen LogP contribution in [-0.4, -0.2) is 0 Å². The van der Waals surface area contributed by atoms with Gasteiger partial charge in [-0.15, -0.1) is 0 Å². The smallest absolute Gasteiger partial charge is 0.0992 e. The molecular weight excluding hydrogens is 314 g/mol. The number of hydrogen-bond donors (Lipinski definition) is 2. The highest BCUT2D eigenvalue weighted by atomic mass is 79.9. The number of rotatable bonds is 2. The molecule has 18 heavy (non-hydrogen) atoms.